The third-order valence-corrected chi connectivity index (χ3v) is 4.82. The number of rotatable bonds is 5. The van der Waals surface area contributed by atoms with Gasteiger partial charge in [0.15, 0.2) is 5.78 Å². The van der Waals surface area contributed by atoms with Crippen LogP contribution in [0.2, 0.25) is 0 Å². The minimum Gasteiger partial charge on any atom is -0.335 e. The maximum Gasteiger partial charge on any atom is 0.229 e. The van der Waals surface area contributed by atoms with Gasteiger partial charge < -0.3 is 10.2 Å². The van der Waals surface area contributed by atoms with E-state index < -0.39 is 5.92 Å². The number of hydrogen-bond donors (Lipinski definition) is 1. The molecule has 3 rings (SSSR count). The van der Waals surface area contributed by atoms with E-state index in [4.69, 9.17) is 0 Å². The van der Waals surface area contributed by atoms with E-state index in [1.807, 2.05) is 37.3 Å². The van der Waals surface area contributed by atoms with Crippen LogP contribution in [0.15, 0.2) is 54.6 Å². The summed E-state index contributed by atoms with van der Waals surface area (Å²) in [5, 5.41) is 2.83. The number of anilines is 1. The van der Waals surface area contributed by atoms with E-state index in [1.165, 1.54) is 6.92 Å². The Hall–Kier alpha value is -2.95. The lowest BCUT2D eigenvalue weighted by atomic mass is 10.1. The Morgan fingerprint density at radius 2 is 1.85 bits per heavy atom. The Morgan fingerprint density at radius 3 is 2.54 bits per heavy atom. The number of hydrogen-bond acceptors (Lipinski definition) is 3. The molecule has 134 valence electrons. The summed E-state index contributed by atoms with van der Waals surface area (Å²) in [6, 6.07) is 16.6. The van der Waals surface area contributed by atoms with Crippen molar-refractivity contribution >= 4 is 23.3 Å². The molecule has 0 bridgehead atoms. The predicted molar refractivity (Wildman–Crippen MR) is 99.8 cm³/mol. The van der Waals surface area contributed by atoms with Gasteiger partial charge in [0.25, 0.3) is 0 Å². The van der Waals surface area contributed by atoms with E-state index in [0.717, 1.165) is 5.56 Å². The summed E-state index contributed by atoms with van der Waals surface area (Å²) in [4.78, 5) is 38.2. The highest BCUT2D eigenvalue weighted by Gasteiger charge is 2.37. The molecule has 1 fully saturated rings. The van der Waals surface area contributed by atoms with Gasteiger partial charge in [-0.1, -0.05) is 42.5 Å². The summed E-state index contributed by atoms with van der Waals surface area (Å²) >= 11 is 0. The Morgan fingerprint density at radius 1 is 1.12 bits per heavy atom. The van der Waals surface area contributed by atoms with E-state index in [2.05, 4.69) is 5.32 Å². The minimum atomic E-state index is -0.394. The van der Waals surface area contributed by atoms with Gasteiger partial charge in [0.2, 0.25) is 11.8 Å². The molecule has 1 N–H and O–H groups in total. The van der Waals surface area contributed by atoms with Gasteiger partial charge in [-0.2, -0.15) is 0 Å². The van der Waals surface area contributed by atoms with Crippen LogP contribution in [0, 0.1) is 5.92 Å². The zero-order valence-corrected chi connectivity index (χ0v) is 14.9. The summed E-state index contributed by atoms with van der Waals surface area (Å²) in [5.74, 6) is -0.657. The molecular formula is C21H22N2O3. The Balaban J connectivity index is 1.67. The molecule has 2 aromatic rings. The van der Waals surface area contributed by atoms with Crippen molar-refractivity contribution in [3.05, 3.63) is 65.7 Å². The fourth-order valence-electron chi connectivity index (χ4n) is 3.25. The highest BCUT2D eigenvalue weighted by molar-refractivity contribution is 5.99. The van der Waals surface area contributed by atoms with Crippen molar-refractivity contribution in [2.45, 2.75) is 26.3 Å². The van der Waals surface area contributed by atoms with Crippen LogP contribution < -0.4 is 5.32 Å². The van der Waals surface area contributed by atoms with Crippen LogP contribution in [-0.4, -0.2) is 29.0 Å². The fourth-order valence-corrected chi connectivity index (χ4v) is 3.25. The lowest BCUT2D eigenvalue weighted by Crippen LogP contribution is -2.30. The lowest BCUT2D eigenvalue weighted by molar-refractivity contribution is -0.129. The van der Waals surface area contributed by atoms with Gasteiger partial charge in [0, 0.05) is 24.2 Å². The number of amides is 2. The molecule has 0 spiro atoms. The number of carbonyl (C=O) groups is 3. The van der Waals surface area contributed by atoms with Crippen LogP contribution >= 0.6 is 0 Å². The highest BCUT2D eigenvalue weighted by atomic mass is 16.2. The number of carbonyl (C=O) groups excluding carboxylic acids is 3. The van der Waals surface area contributed by atoms with E-state index in [-0.39, 0.29) is 30.1 Å². The second-order valence-corrected chi connectivity index (χ2v) is 6.66. The zero-order chi connectivity index (χ0) is 18.7. The number of ketones is 1. The monoisotopic (exact) mass is 350 g/mol. The molecule has 1 saturated heterocycles. The smallest absolute Gasteiger partial charge is 0.229 e. The molecule has 2 amide bonds. The van der Waals surface area contributed by atoms with Crippen LogP contribution in [0.4, 0.5) is 5.69 Å². The largest absolute Gasteiger partial charge is 0.335 e. The number of benzene rings is 2. The first-order valence-corrected chi connectivity index (χ1v) is 8.72. The van der Waals surface area contributed by atoms with Crippen molar-refractivity contribution in [1.82, 2.24) is 4.90 Å². The van der Waals surface area contributed by atoms with Crippen LogP contribution in [0.3, 0.4) is 0 Å². The van der Waals surface area contributed by atoms with Gasteiger partial charge >= 0.3 is 0 Å². The summed E-state index contributed by atoms with van der Waals surface area (Å²) in [6.45, 7) is 3.86. The van der Waals surface area contributed by atoms with E-state index in [0.29, 0.717) is 17.8 Å². The highest BCUT2D eigenvalue weighted by Crippen LogP contribution is 2.29. The fraction of sp³-hybridized carbons (Fsp3) is 0.286. The van der Waals surface area contributed by atoms with Gasteiger partial charge in [-0.15, -0.1) is 0 Å². The normalized spacial score (nSPS) is 17.8. The number of likely N-dealkylation sites (tertiary alicyclic amines) is 1. The Kier molecular flexibility index (Phi) is 5.16. The van der Waals surface area contributed by atoms with E-state index in [1.54, 1.807) is 29.2 Å². The first-order chi connectivity index (χ1) is 12.5. The molecule has 0 radical (unpaired) electrons. The molecule has 1 heterocycles. The molecule has 26 heavy (non-hydrogen) atoms. The van der Waals surface area contributed by atoms with Crippen LogP contribution in [-0.2, 0) is 9.59 Å². The zero-order valence-electron chi connectivity index (χ0n) is 14.9. The second kappa shape index (κ2) is 7.52. The van der Waals surface area contributed by atoms with E-state index >= 15 is 0 Å². The van der Waals surface area contributed by atoms with Crippen molar-refractivity contribution in [1.29, 1.82) is 0 Å². The summed E-state index contributed by atoms with van der Waals surface area (Å²) in [7, 11) is 0. The average molecular weight is 350 g/mol. The maximum absolute atomic E-state index is 12.6. The lowest BCUT2D eigenvalue weighted by Gasteiger charge is -2.25. The quantitative estimate of drug-likeness (QED) is 0.840. The van der Waals surface area contributed by atoms with Crippen LogP contribution in [0.1, 0.15) is 42.2 Å². The van der Waals surface area contributed by atoms with Crippen molar-refractivity contribution in [2.75, 3.05) is 11.9 Å². The molecule has 0 aromatic heterocycles. The Bertz CT molecular complexity index is 832. The van der Waals surface area contributed by atoms with Crippen LogP contribution in [0.25, 0.3) is 0 Å². The minimum absolute atomic E-state index is 0.0148. The molecule has 5 nitrogen and oxygen atoms in total. The molecule has 0 unspecified atom stereocenters. The number of nitrogens with zero attached hydrogens (tertiary/aromatic N) is 1. The molecule has 0 aliphatic carbocycles. The molecule has 0 saturated carbocycles. The van der Waals surface area contributed by atoms with Gasteiger partial charge in [0.05, 0.1) is 12.0 Å². The summed E-state index contributed by atoms with van der Waals surface area (Å²) < 4.78 is 0. The van der Waals surface area contributed by atoms with Crippen molar-refractivity contribution in [3.63, 3.8) is 0 Å². The SMILES string of the molecule is CC(=O)c1cccc(NC(=O)[C@@H]2CC(=O)N([C@H](C)c3ccccc3)C2)c1. The van der Waals surface area contributed by atoms with Gasteiger partial charge in [0.1, 0.15) is 0 Å². The van der Waals surface area contributed by atoms with Crippen molar-refractivity contribution in [3.8, 4) is 0 Å². The molecular weight excluding hydrogens is 328 g/mol. The standard InChI is InChI=1S/C21H22N2O3/c1-14(16-7-4-3-5-8-16)23-13-18(12-20(23)25)21(26)22-19-10-6-9-17(11-19)15(2)24/h3-11,14,18H,12-13H2,1-2H3,(H,22,26)/t14-,18-/m1/s1. The Labute approximate surface area is 153 Å². The third kappa shape index (κ3) is 3.82. The summed E-state index contributed by atoms with van der Waals surface area (Å²) in [6.07, 6.45) is 0.204. The molecule has 5 heteroatoms. The first kappa shape index (κ1) is 17.9. The van der Waals surface area contributed by atoms with Gasteiger partial charge in [-0.05, 0) is 31.5 Å². The maximum atomic E-state index is 12.6. The van der Waals surface area contributed by atoms with Gasteiger partial charge in [-0.25, -0.2) is 0 Å². The number of nitrogens with one attached hydrogen (secondary N) is 1. The topological polar surface area (TPSA) is 66.5 Å². The predicted octanol–water partition coefficient (Wildman–Crippen LogP) is 3.44. The molecule has 1 aliphatic heterocycles. The van der Waals surface area contributed by atoms with Gasteiger partial charge in [-0.3, -0.25) is 14.4 Å². The van der Waals surface area contributed by atoms with E-state index in [9.17, 15) is 14.4 Å². The molecule has 2 aromatic carbocycles. The first-order valence-electron chi connectivity index (χ1n) is 8.72. The van der Waals surface area contributed by atoms with Crippen molar-refractivity contribution in [2.24, 2.45) is 5.92 Å². The second-order valence-electron chi connectivity index (χ2n) is 6.66. The molecule has 2 atom stereocenters. The third-order valence-electron chi connectivity index (χ3n) is 4.82. The average Bonchev–Trinajstić information content (AvgIpc) is 3.04. The number of Topliss-reactive ketones (excluding diaryl/α,β-unsaturated/α-hetero) is 1. The van der Waals surface area contributed by atoms with Crippen molar-refractivity contribution < 1.29 is 14.4 Å². The van der Waals surface area contributed by atoms with Crippen LogP contribution in [0.5, 0.6) is 0 Å². The molecule has 1 aliphatic rings. The summed E-state index contributed by atoms with van der Waals surface area (Å²) in [5.41, 5.74) is 2.17.